The molecule has 1 heterocycles. The third-order valence-electron chi connectivity index (χ3n) is 3.58. The quantitative estimate of drug-likeness (QED) is 0.878. The number of nitrogens with two attached hydrogens (primary N) is 1. The fraction of sp³-hybridized carbons (Fsp3) is 0.571. The second kappa shape index (κ2) is 6.18. The van der Waals surface area contributed by atoms with E-state index in [0.29, 0.717) is 12.6 Å². The second-order valence-electron chi connectivity index (χ2n) is 4.67. The van der Waals surface area contributed by atoms with E-state index >= 15 is 0 Å². The largest absolute Gasteiger partial charge is 0.497 e. The van der Waals surface area contributed by atoms with Gasteiger partial charge in [0.15, 0.2) is 0 Å². The molecule has 0 saturated carbocycles. The minimum atomic E-state index is 0.166. The molecule has 1 aromatic rings. The standard InChI is InChI=1S/C14H22N2O2/c1-11(12-3-5-13(17-2)6-4-12)16-7-8-18-14(9-15)10-16/h3-6,11,14H,7-10,15H2,1-2H3. The SMILES string of the molecule is COc1ccc(C(C)N2CCOC(CN)C2)cc1. The molecule has 2 rings (SSSR count). The molecule has 2 unspecified atom stereocenters. The first kappa shape index (κ1) is 13.3. The number of ether oxygens (including phenoxy) is 2. The highest BCUT2D eigenvalue weighted by Crippen LogP contribution is 2.24. The van der Waals surface area contributed by atoms with Crippen LogP contribution in [0.4, 0.5) is 0 Å². The van der Waals surface area contributed by atoms with Gasteiger partial charge in [0.25, 0.3) is 0 Å². The van der Waals surface area contributed by atoms with Crippen molar-refractivity contribution in [2.45, 2.75) is 19.1 Å². The summed E-state index contributed by atoms with van der Waals surface area (Å²) >= 11 is 0. The molecular formula is C14H22N2O2. The summed E-state index contributed by atoms with van der Waals surface area (Å²) in [7, 11) is 1.69. The predicted molar refractivity (Wildman–Crippen MR) is 71.8 cm³/mol. The number of morpholine rings is 1. The Labute approximate surface area is 109 Å². The van der Waals surface area contributed by atoms with Gasteiger partial charge < -0.3 is 15.2 Å². The molecule has 100 valence electrons. The number of methoxy groups -OCH3 is 1. The molecule has 2 atom stereocenters. The molecule has 18 heavy (non-hydrogen) atoms. The van der Waals surface area contributed by atoms with Gasteiger partial charge in [-0.25, -0.2) is 0 Å². The van der Waals surface area contributed by atoms with Crippen molar-refractivity contribution in [3.8, 4) is 5.75 Å². The zero-order chi connectivity index (χ0) is 13.0. The van der Waals surface area contributed by atoms with Gasteiger partial charge in [-0.05, 0) is 24.6 Å². The van der Waals surface area contributed by atoms with Gasteiger partial charge in [-0.1, -0.05) is 12.1 Å². The highest BCUT2D eigenvalue weighted by Gasteiger charge is 2.23. The molecule has 1 aromatic carbocycles. The Morgan fingerprint density at radius 1 is 1.44 bits per heavy atom. The topological polar surface area (TPSA) is 47.7 Å². The van der Waals surface area contributed by atoms with Crippen molar-refractivity contribution in [1.82, 2.24) is 4.90 Å². The minimum Gasteiger partial charge on any atom is -0.497 e. The lowest BCUT2D eigenvalue weighted by molar-refractivity contribution is -0.0364. The van der Waals surface area contributed by atoms with Crippen molar-refractivity contribution in [1.29, 1.82) is 0 Å². The van der Waals surface area contributed by atoms with E-state index in [-0.39, 0.29) is 6.10 Å². The van der Waals surface area contributed by atoms with Crippen LogP contribution in [0.3, 0.4) is 0 Å². The van der Waals surface area contributed by atoms with E-state index in [1.807, 2.05) is 12.1 Å². The third-order valence-corrected chi connectivity index (χ3v) is 3.58. The highest BCUT2D eigenvalue weighted by molar-refractivity contribution is 5.28. The van der Waals surface area contributed by atoms with Gasteiger partial charge in [0.2, 0.25) is 0 Å². The van der Waals surface area contributed by atoms with Crippen LogP contribution in [0.15, 0.2) is 24.3 Å². The summed E-state index contributed by atoms with van der Waals surface area (Å²) in [6, 6.07) is 8.64. The molecular weight excluding hydrogens is 228 g/mol. The van der Waals surface area contributed by atoms with Crippen LogP contribution in [0.25, 0.3) is 0 Å². The molecule has 0 amide bonds. The molecule has 1 saturated heterocycles. The van der Waals surface area contributed by atoms with Crippen LogP contribution in [0.1, 0.15) is 18.5 Å². The van der Waals surface area contributed by atoms with Gasteiger partial charge in [0.1, 0.15) is 5.75 Å². The Balaban J connectivity index is 2.02. The Kier molecular flexibility index (Phi) is 4.58. The van der Waals surface area contributed by atoms with E-state index in [4.69, 9.17) is 15.2 Å². The number of rotatable bonds is 4. The number of hydrogen-bond acceptors (Lipinski definition) is 4. The van der Waals surface area contributed by atoms with Crippen molar-refractivity contribution >= 4 is 0 Å². The van der Waals surface area contributed by atoms with Crippen molar-refractivity contribution in [3.05, 3.63) is 29.8 Å². The van der Waals surface area contributed by atoms with Crippen molar-refractivity contribution in [3.63, 3.8) is 0 Å². The Morgan fingerprint density at radius 3 is 2.78 bits per heavy atom. The number of benzene rings is 1. The first-order valence-electron chi connectivity index (χ1n) is 6.44. The van der Waals surface area contributed by atoms with Crippen molar-refractivity contribution in [2.75, 3.05) is 33.4 Å². The summed E-state index contributed by atoms with van der Waals surface area (Å²) in [5.41, 5.74) is 6.97. The zero-order valence-corrected chi connectivity index (χ0v) is 11.1. The molecule has 0 bridgehead atoms. The van der Waals surface area contributed by atoms with Crippen LogP contribution < -0.4 is 10.5 Å². The fourth-order valence-corrected chi connectivity index (χ4v) is 2.33. The molecule has 4 heteroatoms. The molecule has 0 aromatic heterocycles. The normalized spacial score (nSPS) is 22.7. The Hall–Kier alpha value is -1.10. The maximum Gasteiger partial charge on any atom is 0.118 e. The Bertz CT molecular complexity index is 367. The van der Waals surface area contributed by atoms with Gasteiger partial charge in [0, 0.05) is 25.7 Å². The fourth-order valence-electron chi connectivity index (χ4n) is 2.33. The van der Waals surface area contributed by atoms with Gasteiger partial charge in [-0.3, -0.25) is 4.90 Å². The van der Waals surface area contributed by atoms with Gasteiger partial charge in [-0.2, -0.15) is 0 Å². The molecule has 1 fully saturated rings. The van der Waals surface area contributed by atoms with Gasteiger partial charge in [0.05, 0.1) is 19.8 Å². The van der Waals surface area contributed by atoms with E-state index in [0.717, 1.165) is 25.4 Å². The van der Waals surface area contributed by atoms with Crippen LogP contribution in [0, 0.1) is 0 Å². The maximum atomic E-state index is 5.67. The van der Waals surface area contributed by atoms with Crippen LogP contribution in [0.5, 0.6) is 5.75 Å². The third kappa shape index (κ3) is 3.02. The summed E-state index contributed by atoms with van der Waals surface area (Å²) in [4.78, 5) is 2.42. The first-order valence-corrected chi connectivity index (χ1v) is 6.44. The van der Waals surface area contributed by atoms with Crippen molar-refractivity contribution in [2.24, 2.45) is 5.73 Å². The van der Waals surface area contributed by atoms with E-state index in [2.05, 4.69) is 24.0 Å². The summed E-state index contributed by atoms with van der Waals surface area (Å²) < 4.78 is 10.8. The van der Waals surface area contributed by atoms with Crippen LogP contribution >= 0.6 is 0 Å². The smallest absolute Gasteiger partial charge is 0.118 e. The lowest BCUT2D eigenvalue weighted by atomic mass is 10.1. The zero-order valence-electron chi connectivity index (χ0n) is 11.1. The van der Waals surface area contributed by atoms with Crippen LogP contribution in [-0.2, 0) is 4.74 Å². The first-order chi connectivity index (χ1) is 8.74. The van der Waals surface area contributed by atoms with Crippen LogP contribution in [-0.4, -0.2) is 44.4 Å². The average Bonchev–Trinajstić information content (AvgIpc) is 2.46. The lowest BCUT2D eigenvalue weighted by Crippen LogP contribution is -2.46. The Morgan fingerprint density at radius 2 is 2.17 bits per heavy atom. The minimum absolute atomic E-state index is 0.166. The molecule has 1 aliphatic rings. The molecule has 0 spiro atoms. The van der Waals surface area contributed by atoms with E-state index in [9.17, 15) is 0 Å². The predicted octanol–water partition coefficient (Wildman–Crippen LogP) is 1.42. The number of hydrogen-bond donors (Lipinski definition) is 1. The molecule has 2 N–H and O–H groups in total. The molecule has 4 nitrogen and oxygen atoms in total. The molecule has 1 aliphatic heterocycles. The summed E-state index contributed by atoms with van der Waals surface area (Å²) in [5, 5.41) is 0. The van der Waals surface area contributed by atoms with E-state index in [1.165, 1.54) is 5.56 Å². The van der Waals surface area contributed by atoms with Crippen molar-refractivity contribution < 1.29 is 9.47 Å². The summed E-state index contributed by atoms with van der Waals surface area (Å²) in [5.74, 6) is 0.896. The van der Waals surface area contributed by atoms with E-state index in [1.54, 1.807) is 7.11 Å². The number of nitrogens with zero attached hydrogens (tertiary/aromatic N) is 1. The molecule has 0 radical (unpaired) electrons. The molecule has 0 aliphatic carbocycles. The second-order valence-corrected chi connectivity index (χ2v) is 4.67. The maximum absolute atomic E-state index is 5.67. The lowest BCUT2D eigenvalue weighted by Gasteiger charge is -2.36. The van der Waals surface area contributed by atoms with E-state index < -0.39 is 0 Å². The summed E-state index contributed by atoms with van der Waals surface area (Å²) in [6.07, 6.45) is 0.166. The monoisotopic (exact) mass is 250 g/mol. The van der Waals surface area contributed by atoms with Gasteiger partial charge in [-0.15, -0.1) is 0 Å². The van der Waals surface area contributed by atoms with Crippen LogP contribution in [0.2, 0.25) is 0 Å². The average molecular weight is 250 g/mol. The summed E-state index contributed by atoms with van der Waals surface area (Å²) in [6.45, 7) is 5.45. The van der Waals surface area contributed by atoms with Gasteiger partial charge >= 0.3 is 0 Å². The highest BCUT2D eigenvalue weighted by atomic mass is 16.5.